The van der Waals surface area contributed by atoms with Crippen LogP contribution in [0.25, 0.3) is 5.57 Å². The lowest BCUT2D eigenvalue weighted by atomic mass is 9.86. The molecule has 0 saturated carbocycles. The minimum absolute atomic E-state index is 0.434. The summed E-state index contributed by atoms with van der Waals surface area (Å²) in [5.41, 5.74) is 3.66. The Morgan fingerprint density at radius 1 is 1.33 bits per heavy atom. The number of phenols is 1. The summed E-state index contributed by atoms with van der Waals surface area (Å²) in [5, 5.41) is 9.75. The van der Waals surface area contributed by atoms with E-state index in [1.54, 1.807) is 6.07 Å². The highest BCUT2D eigenvalue weighted by atomic mass is 35.5. The number of phenolic OH excluding ortho intramolecular Hbond substituents is 1. The van der Waals surface area contributed by atoms with Gasteiger partial charge in [-0.2, -0.15) is 0 Å². The van der Waals surface area contributed by atoms with E-state index < -0.39 is 0 Å². The minimum Gasteiger partial charge on any atom is -0.508 e. The van der Waals surface area contributed by atoms with Gasteiger partial charge in [-0.15, -0.1) is 11.6 Å². The van der Waals surface area contributed by atoms with E-state index >= 15 is 0 Å². The lowest BCUT2D eigenvalue weighted by Gasteiger charge is -2.19. The van der Waals surface area contributed by atoms with Crippen LogP contribution in [0.5, 0.6) is 5.75 Å². The molecule has 15 heavy (non-hydrogen) atoms. The monoisotopic (exact) mass is 222 g/mol. The maximum Gasteiger partial charge on any atom is 0.119 e. The average Bonchev–Trinajstić information content (AvgIpc) is 2.27. The summed E-state index contributed by atoms with van der Waals surface area (Å²) in [4.78, 5) is 0. The molecule has 0 fully saturated rings. The molecule has 0 aliphatic heterocycles. The predicted octanol–water partition coefficient (Wildman–Crippen LogP) is 3.74. The molecule has 1 aliphatic rings. The first-order chi connectivity index (χ1) is 7.33. The average molecular weight is 223 g/mol. The summed E-state index contributed by atoms with van der Waals surface area (Å²) in [5.74, 6) is 1.10. The van der Waals surface area contributed by atoms with Crippen molar-refractivity contribution in [2.24, 2.45) is 0 Å². The van der Waals surface area contributed by atoms with E-state index in [1.165, 1.54) is 11.1 Å². The number of halogens is 1. The van der Waals surface area contributed by atoms with E-state index in [-0.39, 0.29) is 0 Å². The van der Waals surface area contributed by atoms with Crippen LogP contribution >= 0.6 is 11.6 Å². The zero-order valence-corrected chi connectivity index (χ0v) is 9.43. The molecule has 0 heterocycles. The van der Waals surface area contributed by atoms with Gasteiger partial charge in [0.1, 0.15) is 5.75 Å². The third kappa shape index (κ3) is 2.18. The van der Waals surface area contributed by atoms with Gasteiger partial charge >= 0.3 is 0 Å². The second kappa shape index (κ2) is 4.71. The third-order valence-electron chi connectivity index (χ3n) is 2.87. The Bertz CT molecular complexity index is 382. The van der Waals surface area contributed by atoms with Crippen LogP contribution < -0.4 is 0 Å². The van der Waals surface area contributed by atoms with Gasteiger partial charge in [-0.25, -0.2) is 0 Å². The molecule has 80 valence electrons. The smallest absolute Gasteiger partial charge is 0.119 e. The molecular weight excluding hydrogens is 208 g/mol. The van der Waals surface area contributed by atoms with E-state index in [4.69, 9.17) is 11.6 Å². The van der Waals surface area contributed by atoms with Crippen LogP contribution in [-0.2, 0) is 6.42 Å². The predicted molar refractivity (Wildman–Crippen MR) is 64.4 cm³/mol. The van der Waals surface area contributed by atoms with Crippen molar-refractivity contribution in [3.05, 3.63) is 35.4 Å². The van der Waals surface area contributed by atoms with Crippen molar-refractivity contribution in [3.63, 3.8) is 0 Å². The van der Waals surface area contributed by atoms with E-state index in [1.807, 2.05) is 6.07 Å². The molecule has 0 radical (unpaired) electrons. The Morgan fingerprint density at radius 2 is 2.20 bits per heavy atom. The summed E-state index contributed by atoms with van der Waals surface area (Å²) >= 11 is 5.69. The zero-order chi connectivity index (χ0) is 10.7. The van der Waals surface area contributed by atoms with Gasteiger partial charge in [-0.1, -0.05) is 18.2 Å². The van der Waals surface area contributed by atoms with Crippen molar-refractivity contribution in [1.29, 1.82) is 0 Å². The maximum atomic E-state index is 9.75. The number of hydrogen-bond acceptors (Lipinski definition) is 1. The van der Waals surface area contributed by atoms with Crippen LogP contribution in [0.4, 0.5) is 0 Å². The van der Waals surface area contributed by atoms with Crippen molar-refractivity contribution in [2.75, 3.05) is 5.88 Å². The topological polar surface area (TPSA) is 20.2 Å². The van der Waals surface area contributed by atoms with Crippen LogP contribution in [0.3, 0.4) is 0 Å². The SMILES string of the molecule is Oc1cccc2c1CCC/C2=C\CCCl. The number of benzene rings is 1. The summed E-state index contributed by atoms with van der Waals surface area (Å²) < 4.78 is 0. The fraction of sp³-hybridized carbons (Fsp3) is 0.385. The quantitative estimate of drug-likeness (QED) is 0.756. The summed E-state index contributed by atoms with van der Waals surface area (Å²) in [7, 11) is 0. The first kappa shape index (κ1) is 10.6. The Hall–Kier alpha value is -0.950. The highest BCUT2D eigenvalue weighted by molar-refractivity contribution is 6.18. The minimum atomic E-state index is 0.434. The molecule has 0 bridgehead atoms. The summed E-state index contributed by atoms with van der Waals surface area (Å²) in [6.45, 7) is 0. The highest BCUT2D eigenvalue weighted by Gasteiger charge is 2.15. The van der Waals surface area contributed by atoms with Gasteiger partial charge in [0, 0.05) is 11.4 Å². The van der Waals surface area contributed by atoms with E-state index in [0.717, 1.165) is 31.2 Å². The lowest BCUT2D eigenvalue weighted by molar-refractivity contribution is 0.466. The molecule has 1 aromatic carbocycles. The number of hydrogen-bond donors (Lipinski definition) is 1. The maximum absolute atomic E-state index is 9.75. The van der Waals surface area contributed by atoms with Gasteiger partial charge in [0.2, 0.25) is 0 Å². The zero-order valence-electron chi connectivity index (χ0n) is 8.67. The Labute approximate surface area is 95.4 Å². The van der Waals surface area contributed by atoms with Gasteiger partial charge < -0.3 is 5.11 Å². The fourth-order valence-electron chi connectivity index (χ4n) is 2.17. The van der Waals surface area contributed by atoms with E-state index in [9.17, 15) is 5.11 Å². The molecule has 0 amide bonds. The number of aromatic hydroxyl groups is 1. The Balaban J connectivity index is 2.38. The van der Waals surface area contributed by atoms with E-state index in [0.29, 0.717) is 11.6 Å². The second-order valence-electron chi connectivity index (χ2n) is 3.86. The van der Waals surface area contributed by atoms with Crippen LogP contribution in [0, 0.1) is 0 Å². The molecule has 1 nitrogen and oxygen atoms in total. The third-order valence-corrected chi connectivity index (χ3v) is 3.09. The van der Waals surface area contributed by atoms with Crippen LogP contribution in [0.15, 0.2) is 24.3 Å². The van der Waals surface area contributed by atoms with Gasteiger partial charge in [-0.05, 0) is 42.9 Å². The van der Waals surface area contributed by atoms with Crippen LogP contribution in [0.1, 0.15) is 30.4 Å². The number of alkyl halides is 1. The molecule has 0 aromatic heterocycles. The second-order valence-corrected chi connectivity index (χ2v) is 4.24. The fourth-order valence-corrected chi connectivity index (χ4v) is 2.28. The van der Waals surface area contributed by atoms with Gasteiger partial charge in [-0.3, -0.25) is 0 Å². The standard InChI is InChI=1S/C13H15ClO/c14-9-3-5-10-4-1-7-12-11(10)6-2-8-13(12)15/h2,5-6,8,15H,1,3-4,7,9H2/b10-5+. The van der Waals surface area contributed by atoms with Gasteiger partial charge in [0.05, 0.1) is 0 Å². The molecule has 0 atom stereocenters. The summed E-state index contributed by atoms with van der Waals surface area (Å²) in [6.07, 6.45) is 6.32. The first-order valence-corrected chi connectivity index (χ1v) is 5.92. The molecular formula is C13H15ClO. The van der Waals surface area contributed by atoms with Crippen molar-refractivity contribution in [2.45, 2.75) is 25.7 Å². The van der Waals surface area contributed by atoms with Crippen LogP contribution in [-0.4, -0.2) is 11.0 Å². The summed E-state index contributed by atoms with van der Waals surface area (Å²) in [6, 6.07) is 5.77. The largest absolute Gasteiger partial charge is 0.508 e. The first-order valence-electron chi connectivity index (χ1n) is 5.39. The van der Waals surface area contributed by atoms with E-state index in [2.05, 4.69) is 12.1 Å². The van der Waals surface area contributed by atoms with Gasteiger partial charge in [0.15, 0.2) is 0 Å². The molecule has 0 spiro atoms. The lowest BCUT2D eigenvalue weighted by Crippen LogP contribution is -2.02. The molecule has 1 N–H and O–H groups in total. The Kier molecular flexibility index (Phi) is 3.32. The molecule has 0 saturated heterocycles. The van der Waals surface area contributed by atoms with Crippen LogP contribution in [0.2, 0.25) is 0 Å². The molecule has 1 aliphatic carbocycles. The number of fused-ring (bicyclic) bond motifs is 1. The molecule has 1 aromatic rings. The number of allylic oxidation sites excluding steroid dienone is 2. The van der Waals surface area contributed by atoms with Crippen molar-refractivity contribution < 1.29 is 5.11 Å². The van der Waals surface area contributed by atoms with Crippen molar-refractivity contribution >= 4 is 17.2 Å². The van der Waals surface area contributed by atoms with Gasteiger partial charge in [0.25, 0.3) is 0 Å². The Morgan fingerprint density at radius 3 is 3.00 bits per heavy atom. The molecule has 2 rings (SSSR count). The molecule has 0 unspecified atom stereocenters. The van der Waals surface area contributed by atoms with Crippen molar-refractivity contribution in [1.82, 2.24) is 0 Å². The molecule has 2 heteroatoms. The number of rotatable bonds is 2. The van der Waals surface area contributed by atoms with Crippen molar-refractivity contribution in [3.8, 4) is 5.75 Å². The highest BCUT2D eigenvalue weighted by Crippen LogP contribution is 2.35. The normalized spacial score (nSPS) is 17.8.